The van der Waals surface area contributed by atoms with Crippen molar-refractivity contribution in [2.24, 2.45) is 0 Å². The highest BCUT2D eigenvalue weighted by molar-refractivity contribution is 7.92. The van der Waals surface area contributed by atoms with Gasteiger partial charge < -0.3 is 4.74 Å². The number of aromatic nitrogens is 1. The van der Waals surface area contributed by atoms with Gasteiger partial charge in [0.15, 0.2) is 0 Å². The molecule has 19 heavy (non-hydrogen) atoms. The molecule has 98 valence electrons. The van der Waals surface area contributed by atoms with Crippen LogP contribution in [0.2, 0.25) is 0 Å². The van der Waals surface area contributed by atoms with Crippen molar-refractivity contribution in [2.75, 3.05) is 10.7 Å². The largest absolute Gasteiger partial charge is 0.474 e. The van der Waals surface area contributed by atoms with Crippen molar-refractivity contribution in [3.8, 4) is 16.9 Å². The van der Waals surface area contributed by atoms with E-state index in [9.17, 15) is 12.8 Å². The van der Waals surface area contributed by atoms with E-state index in [2.05, 4.69) is 9.71 Å². The van der Waals surface area contributed by atoms with Gasteiger partial charge in [-0.05, 0) is 23.8 Å². The van der Waals surface area contributed by atoms with E-state index in [0.29, 0.717) is 22.6 Å². The molecule has 1 aliphatic rings. The zero-order valence-corrected chi connectivity index (χ0v) is 10.4. The van der Waals surface area contributed by atoms with Gasteiger partial charge in [-0.3, -0.25) is 9.71 Å². The molecule has 0 aliphatic carbocycles. The van der Waals surface area contributed by atoms with Crippen LogP contribution < -0.4 is 9.46 Å². The maximum absolute atomic E-state index is 13.1. The zero-order chi connectivity index (χ0) is 13.5. The van der Waals surface area contributed by atoms with Crippen LogP contribution in [-0.4, -0.2) is 19.3 Å². The number of fused-ring (bicyclic) bond motifs is 1. The number of sulfonamides is 1. The topological polar surface area (TPSA) is 68.3 Å². The van der Waals surface area contributed by atoms with Crippen molar-refractivity contribution in [1.82, 2.24) is 4.98 Å². The molecule has 0 fully saturated rings. The molecule has 0 saturated heterocycles. The molecule has 5 nitrogen and oxygen atoms in total. The fourth-order valence-electron chi connectivity index (χ4n) is 1.81. The molecule has 0 unspecified atom stereocenters. The zero-order valence-electron chi connectivity index (χ0n) is 9.63. The van der Waals surface area contributed by atoms with Crippen LogP contribution in [0.3, 0.4) is 0 Å². The highest BCUT2D eigenvalue weighted by atomic mass is 32.2. The van der Waals surface area contributed by atoms with E-state index in [4.69, 9.17) is 4.74 Å². The lowest BCUT2D eigenvalue weighted by Crippen LogP contribution is -2.25. The van der Waals surface area contributed by atoms with Crippen molar-refractivity contribution >= 4 is 15.7 Å². The fraction of sp³-hybridized carbons (Fsp3) is 0.0833. The molecule has 0 radical (unpaired) electrons. The maximum atomic E-state index is 13.1. The first-order valence-electron chi connectivity index (χ1n) is 5.42. The third-order valence-corrected chi connectivity index (χ3v) is 3.61. The first-order chi connectivity index (χ1) is 9.03. The maximum Gasteiger partial charge on any atom is 0.268 e. The van der Waals surface area contributed by atoms with E-state index in [1.54, 1.807) is 18.2 Å². The number of pyridine rings is 1. The van der Waals surface area contributed by atoms with Gasteiger partial charge >= 0.3 is 0 Å². The summed E-state index contributed by atoms with van der Waals surface area (Å²) < 4.78 is 43.3. The minimum atomic E-state index is -3.42. The van der Waals surface area contributed by atoms with Crippen LogP contribution in [0.25, 0.3) is 11.1 Å². The average Bonchev–Trinajstić information content (AvgIpc) is 2.37. The van der Waals surface area contributed by atoms with Crippen LogP contribution in [0, 0.1) is 5.82 Å². The Morgan fingerprint density at radius 1 is 1.21 bits per heavy atom. The second-order valence-corrected chi connectivity index (χ2v) is 5.75. The Labute approximate surface area is 109 Å². The second kappa shape index (κ2) is 4.20. The minimum absolute atomic E-state index is 0.374. The SMILES string of the molecule is O=S1(=O)COc2cc(-c3cncc(F)c3)ccc2N1. The summed E-state index contributed by atoms with van der Waals surface area (Å²) in [6, 6.07) is 6.24. The molecule has 1 N–H and O–H groups in total. The summed E-state index contributed by atoms with van der Waals surface area (Å²) in [5.41, 5.74) is 1.67. The molecule has 7 heteroatoms. The van der Waals surface area contributed by atoms with E-state index < -0.39 is 21.8 Å². The quantitative estimate of drug-likeness (QED) is 0.867. The molecule has 3 rings (SSSR count). The van der Waals surface area contributed by atoms with Crippen LogP contribution >= 0.6 is 0 Å². The molecular weight excluding hydrogens is 271 g/mol. The van der Waals surface area contributed by atoms with Gasteiger partial charge in [0.25, 0.3) is 10.0 Å². The molecular formula is C12H9FN2O3S. The fourth-order valence-corrected chi connectivity index (χ4v) is 2.66. The van der Waals surface area contributed by atoms with Crippen LogP contribution in [0.1, 0.15) is 0 Å². The molecule has 0 amide bonds. The van der Waals surface area contributed by atoms with Crippen LogP contribution in [0.5, 0.6) is 5.75 Å². The first-order valence-corrected chi connectivity index (χ1v) is 7.07. The average molecular weight is 280 g/mol. The van der Waals surface area contributed by atoms with Gasteiger partial charge in [0.1, 0.15) is 11.6 Å². The molecule has 2 heterocycles. The van der Waals surface area contributed by atoms with E-state index in [1.807, 2.05) is 0 Å². The van der Waals surface area contributed by atoms with Gasteiger partial charge in [-0.15, -0.1) is 0 Å². The van der Waals surface area contributed by atoms with Crippen molar-refractivity contribution in [2.45, 2.75) is 0 Å². The van der Waals surface area contributed by atoms with Gasteiger partial charge in [-0.25, -0.2) is 12.8 Å². The highest BCUT2D eigenvalue weighted by Gasteiger charge is 2.21. The number of halogens is 1. The molecule has 1 aromatic carbocycles. The predicted molar refractivity (Wildman–Crippen MR) is 67.7 cm³/mol. The van der Waals surface area contributed by atoms with Gasteiger partial charge in [-0.1, -0.05) is 6.07 Å². The van der Waals surface area contributed by atoms with E-state index in [0.717, 1.165) is 6.20 Å². The van der Waals surface area contributed by atoms with Crippen LogP contribution in [0.15, 0.2) is 36.7 Å². The summed E-state index contributed by atoms with van der Waals surface area (Å²) in [6.45, 7) is 0. The Bertz CT molecular complexity index is 746. The number of nitrogens with zero attached hydrogens (tertiary/aromatic N) is 1. The van der Waals surface area contributed by atoms with Crippen molar-refractivity contribution in [3.63, 3.8) is 0 Å². The number of hydrogen-bond donors (Lipinski definition) is 1. The molecule has 1 aromatic heterocycles. The normalized spacial score (nSPS) is 16.1. The van der Waals surface area contributed by atoms with Crippen molar-refractivity contribution in [3.05, 3.63) is 42.5 Å². The monoisotopic (exact) mass is 280 g/mol. The number of ether oxygens (including phenoxy) is 1. The second-order valence-electron chi connectivity index (χ2n) is 4.08. The van der Waals surface area contributed by atoms with Gasteiger partial charge in [0, 0.05) is 11.8 Å². The number of rotatable bonds is 1. The predicted octanol–water partition coefficient (Wildman–Crippen LogP) is 1.98. The summed E-state index contributed by atoms with van der Waals surface area (Å²) in [4.78, 5) is 3.77. The Kier molecular flexibility index (Phi) is 2.63. The van der Waals surface area contributed by atoms with Gasteiger partial charge in [0.2, 0.25) is 5.94 Å². The third kappa shape index (κ3) is 2.37. The summed E-state index contributed by atoms with van der Waals surface area (Å²) in [5.74, 6) is -0.446. The smallest absolute Gasteiger partial charge is 0.268 e. The third-order valence-electron chi connectivity index (χ3n) is 2.65. The Morgan fingerprint density at radius 2 is 2.05 bits per heavy atom. The molecule has 2 aromatic rings. The van der Waals surface area contributed by atoms with E-state index >= 15 is 0 Å². The molecule has 0 atom stereocenters. The van der Waals surface area contributed by atoms with Gasteiger partial charge in [0.05, 0.1) is 11.9 Å². The lowest BCUT2D eigenvalue weighted by molar-refractivity contribution is 0.374. The van der Waals surface area contributed by atoms with E-state index in [-0.39, 0.29) is 0 Å². The van der Waals surface area contributed by atoms with Crippen molar-refractivity contribution < 1.29 is 17.5 Å². The summed E-state index contributed by atoms with van der Waals surface area (Å²) in [6.07, 6.45) is 2.64. The standard InChI is InChI=1S/C12H9FN2O3S/c13-10-3-9(5-14-6-10)8-1-2-11-12(4-8)18-7-19(16,17)15-11/h1-6,15H,7H2. The lowest BCUT2D eigenvalue weighted by Gasteiger charge is -2.19. The molecule has 0 spiro atoms. The Balaban J connectivity index is 2.03. The van der Waals surface area contributed by atoms with E-state index in [1.165, 1.54) is 12.3 Å². The Hall–Kier alpha value is -2.15. The number of nitrogens with one attached hydrogen (secondary N) is 1. The number of anilines is 1. The van der Waals surface area contributed by atoms with Crippen LogP contribution in [0.4, 0.5) is 10.1 Å². The minimum Gasteiger partial charge on any atom is -0.474 e. The molecule has 0 saturated carbocycles. The number of benzene rings is 1. The van der Waals surface area contributed by atoms with Crippen LogP contribution in [-0.2, 0) is 10.0 Å². The Morgan fingerprint density at radius 3 is 2.84 bits per heavy atom. The number of hydrogen-bond acceptors (Lipinski definition) is 4. The summed E-state index contributed by atoms with van der Waals surface area (Å²) in [7, 11) is -3.42. The highest BCUT2D eigenvalue weighted by Crippen LogP contribution is 2.33. The first kappa shape index (κ1) is 11.9. The lowest BCUT2D eigenvalue weighted by atomic mass is 10.1. The molecule has 1 aliphatic heterocycles. The summed E-state index contributed by atoms with van der Waals surface area (Å²) >= 11 is 0. The van der Waals surface area contributed by atoms with Gasteiger partial charge in [-0.2, -0.15) is 0 Å². The summed E-state index contributed by atoms with van der Waals surface area (Å²) in [5, 5.41) is 0. The van der Waals surface area contributed by atoms with Crippen molar-refractivity contribution in [1.29, 1.82) is 0 Å². The molecule has 0 bridgehead atoms.